The average Bonchev–Trinajstić information content (AvgIpc) is 2.10. The van der Waals surface area contributed by atoms with Crippen LogP contribution >= 0.6 is 11.6 Å². The van der Waals surface area contributed by atoms with Crippen LogP contribution in [0.3, 0.4) is 0 Å². The summed E-state index contributed by atoms with van der Waals surface area (Å²) in [4.78, 5) is 11.6. The number of halogens is 2. The predicted octanol–water partition coefficient (Wildman–Crippen LogP) is 3.24. The van der Waals surface area contributed by atoms with Crippen molar-refractivity contribution in [3.05, 3.63) is 34.1 Å². The molecule has 0 amide bonds. The van der Waals surface area contributed by atoms with E-state index in [0.29, 0.717) is 23.4 Å². The number of hydrogen-bond acceptors (Lipinski definition) is 1. The fourth-order valence-electron chi connectivity index (χ4n) is 1.93. The predicted molar refractivity (Wildman–Crippen MR) is 53.2 cm³/mol. The minimum absolute atomic E-state index is 0.126. The second kappa shape index (κ2) is 3.35. The molecular weight excluding hydrogens is 203 g/mol. The number of ketones is 1. The molecule has 3 heteroatoms. The van der Waals surface area contributed by atoms with E-state index < -0.39 is 5.82 Å². The van der Waals surface area contributed by atoms with Crippen LogP contribution in [-0.4, -0.2) is 5.78 Å². The lowest BCUT2D eigenvalue weighted by atomic mass is 9.84. The van der Waals surface area contributed by atoms with E-state index in [4.69, 9.17) is 11.6 Å². The molecule has 1 aliphatic rings. The van der Waals surface area contributed by atoms with Gasteiger partial charge in [0, 0.05) is 11.4 Å². The fraction of sp³-hybridized carbons (Fsp3) is 0.364. The first-order chi connectivity index (χ1) is 6.59. The molecule has 0 saturated heterocycles. The Kier molecular flexibility index (Phi) is 2.31. The zero-order valence-electron chi connectivity index (χ0n) is 7.81. The molecule has 0 aliphatic heterocycles. The van der Waals surface area contributed by atoms with Crippen LogP contribution in [0.25, 0.3) is 0 Å². The second-order valence-corrected chi connectivity index (χ2v) is 4.23. The lowest BCUT2D eigenvalue weighted by Gasteiger charge is -2.21. The van der Waals surface area contributed by atoms with Crippen LogP contribution < -0.4 is 0 Å². The molecule has 0 N–H and O–H groups in total. The lowest BCUT2D eigenvalue weighted by Crippen LogP contribution is -2.19. The van der Waals surface area contributed by atoms with Crippen molar-refractivity contribution in [2.45, 2.75) is 19.8 Å². The summed E-state index contributed by atoms with van der Waals surface area (Å²) in [5, 5.41) is 0.501. The molecule has 1 atom stereocenters. The van der Waals surface area contributed by atoms with Crippen LogP contribution in [0.15, 0.2) is 12.1 Å². The molecule has 1 aromatic carbocycles. The summed E-state index contributed by atoms with van der Waals surface area (Å²) in [5.41, 5.74) is 0.881. The summed E-state index contributed by atoms with van der Waals surface area (Å²) in [6, 6.07) is 2.77. The van der Waals surface area contributed by atoms with Gasteiger partial charge in [0.05, 0.1) is 5.56 Å². The van der Waals surface area contributed by atoms with Crippen molar-refractivity contribution in [1.82, 2.24) is 0 Å². The average molecular weight is 213 g/mol. The Morgan fingerprint density at radius 1 is 1.43 bits per heavy atom. The Bertz CT molecular complexity index is 401. The number of hydrogen-bond donors (Lipinski definition) is 0. The van der Waals surface area contributed by atoms with Crippen LogP contribution in [-0.2, 0) is 6.42 Å². The molecule has 0 saturated carbocycles. The molecule has 1 unspecified atom stereocenters. The Morgan fingerprint density at radius 3 is 2.86 bits per heavy atom. The van der Waals surface area contributed by atoms with Crippen molar-refractivity contribution in [3.8, 4) is 0 Å². The molecule has 0 fully saturated rings. The zero-order valence-corrected chi connectivity index (χ0v) is 8.57. The molecule has 1 aromatic rings. The van der Waals surface area contributed by atoms with E-state index in [9.17, 15) is 9.18 Å². The summed E-state index contributed by atoms with van der Waals surface area (Å²) in [5.74, 6) is -0.311. The Hall–Kier alpha value is -0.890. The minimum Gasteiger partial charge on any atom is -0.294 e. The Labute approximate surface area is 86.9 Å². The van der Waals surface area contributed by atoms with Crippen LogP contribution in [0.1, 0.15) is 29.3 Å². The SMILES string of the molecule is CC1CC(=O)c2c(F)ccc(Cl)c2C1. The maximum absolute atomic E-state index is 13.3. The fourth-order valence-corrected chi connectivity index (χ4v) is 2.17. The highest BCUT2D eigenvalue weighted by atomic mass is 35.5. The van der Waals surface area contributed by atoms with Gasteiger partial charge in [0.2, 0.25) is 0 Å². The van der Waals surface area contributed by atoms with Gasteiger partial charge in [-0.25, -0.2) is 4.39 Å². The summed E-state index contributed by atoms with van der Waals surface area (Å²) in [6.07, 6.45) is 1.11. The van der Waals surface area contributed by atoms with Gasteiger partial charge in [-0.1, -0.05) is 18.5 Å². The van der Waals surface area contributed by atoms with Crippen molar-refractivity contribution in [3.63, 3.8) is 0 Å². The van der Waals surface area contributed by atoms with E-state index in [1.807, 2.05) is 6.92 Å². The van der Waals surface area contributed by atoms with E-state index in [0.717, 1.165) is 0 Å². The van der Waals surface area contributed by atoms with E-state index >= 15 is 0 Å². The standard InChI is InChI=1S/C11H10ClFO/c1-6-4-7-8(12)2-3-9(13)11(7)10(14)5-6/h2-3,6H,4-5H2,1H3. The van der Waals surface area contributed by atoms with E-state index in [-0.39, 0.29) is 17.3 Å². The number of benzene rings is 1. The molecule has 0 radical (unpaired) electrons. The van der Waals surface area contributed by atoms with Gasteiger partial charge in [0.1, 0.15) is 5.82 Å². The second-order valence-electron chi connectivity index (χ2n) is 3.82. The Morgan fingerprint density at radius 2 is 2.14 bits per heavy atom. The van der Waals surface area contributed by atoms with Crippen molar-refractivity contribution < 1.29 is 9.18 Å². The summed E-state index contributed by atoms with van der Waals surface area (Å²) in [7, 11) is 0. The summed E-state index contributed by atoms with van der Waals surface area (Å²) < 4.78 is 13.3. The highest BCUT2D eigenvalue weighted by Gasteiger charge is 2.26. The minimum atomic E-state index is -0.443. The third-order valence-electron chi connectivity index (χ3n) is 2.57. The largest absolute Gasteiger partial charge is 0.294 e. The highest BCUT2D eigenvalue weighted by molar-refractivity contribution is 6.32. The zero-order chi connectivity index (χ0) is 10.3. The van der Waals surface area contributed by atoms with E-state index in [1.54, 1.807) is 0 Å². The first kappa shape index (κ1) is 9.66. The number of carbonyl (C=O) groups excluding carboxylic acids is 1. The first-order valence-electron chi connectivity index (χ1n) is 4.59. The monoisotopic (exact) mass is 212 g/mol. The third-order valence-corrected chi connectivity index (χ3v) is 2.92. The quantitative estimate of drug-likeness (QED) is 0.645. The van der Waals surface area contributed by atoms with Gasteiger partial charge in [-0.2, -0.15) is 0 Å². The molecule has 0 spiro atoms. The maximum atomic E-state index is 13.3. The van der Waals surface area contributed by atoms with Crippen LogP contribution in [0.4, 0.5) is 4.39 Å². The molecule has 0 bridgehead atoms. The molecule has 74 valence electrons. The van der Waals surface area contributed by atoms with Crippen LogP contribution in [0, 0.1) is 11.7 Å². The van der Waals surface area contributed by atoms with Crippen molar-refractivity contribution in [2.75, 3.05) is 0 Å². The smallest absolute Gasteiger partial charge is 0.166 e. The van der Waals surface area contributed by atoms with Crippen LogP contribution in [0.2, 0.25) is 5.02 Å². The molecule has 0 heterocycles. The normalized spacial score (nSPS) is 20.8. The number of carbonyl (C=O) groups is 1. The lowest BCUT2D eigenvalue weighted by molar-refractivity contribution is 0.0949. The molecule has 1 nitrogen and oxygen atoms in total. The highest BCUT2D eigenvalue weighted by Crippen LogP contribution is 2.32. The Balaban J connectivity index is 2.63. The molecule has 14 heavy (non-hydrogen) atoms. The van der Waals surface area contributed by atoms with Crippen molar-refractivity contribution >= 4 is 17.4 Å². The van der Waals surface area contributed by atoms with Gasteiger partial charge in [-0.15, -0.1) is 0 Å². The maximum Gasteiger partial charge on any atom is 0.166 e. The third kappa shape index (κ3) is 1.44. The number of rotatable bonds is 0. The van der Waals surface area contributed by atoms with E-state index in [1.165, 1.54) is 12.1 Å². The molecular formula is C11H10ClFO. The van der Waals surface area contributed by atoms with E-state index in [2.05, 4.69) is 0 Å². The van der Waals surface area contributed by atoms with Crippen LogP contribution in [0.5, 0.6) is 0 Å². The molecule has 2 rings (SSSR count). The van der Waals surface area contributed by atoms with Gasteiger partial charge in [0.15, 0.2) is 5.78 Å². The summed E-state index contributed by atoms with van der Waals surface area (Å²) in [6.45, 7) is 1.97. The topological polar surface area (TPSA) is 17.1 Å². The van der Waals surface area contributed by atoms with Gasteiger partial charge in [-0.05, 0) is 30.0 Å². The first-order valence-corrected chi connectivity index (χ1v) is 4.97. The number of Topliss-reactive ketones (excluding diaryl/α,β-unsaturated/α-hetero) is 1. The molecule has 1 aliphatic carbocycles. The van der Waals surface area contributed by atoms with Crippen molar-refractivity contribution in [1.29, 1.82) is 0 Å². The van der Waals surface area contributed by atoms with Gasteiger partial charge in [-0.3, -0.25) is 4.79 Å². The van der Waals surface area contributed by atoms with Gasteiger partial charge >= 0.3 is 0 Å². The number of fused-ring (bicyclic) bond motifs is 1. The van der Waals surface area contributed by atoms with Gasteiger partial charge < -0.3 is 0 Å². The van der Waals surface area contributed by atoms with Crippen molar-refractivity contribution in [2.24, 2.45) is 5.92 Å². The van der Waals surface area contributed by atoms with Gasteiger partial charge in [0.25, 0.3) is 0 Å². The summed E-state index contributed by atoms with van der Waals surface area (Å²) >= 11 is 5.93. The molecule has 0 aromatic heterocycles.